The summed E-state index contributed by atoms with van der Waals surface area (Å²) in [7, 11) is 0. The summed E-state index contributed by atoms with van der Waals surface area (Å²) in [6.45, 7) is 5.68. The number of nitrogens with one attached hydrogen (secondary N) is 3. The van der Waals surface area contributed by atoms with Crippen LogP contribution in [0.1, 0.15) is 101 Å². The number of esters is 1. The molecular weight excluding hydrogens is 466 g/mol. The lowest BCUT2D eigenvalue weighted by molar-refractivity contribution is -0.120. The summed E-state index contributed by atoms with van der Waals surface area (Å²) in [6.07, 6.45) is 17.8. The Bertz CT molecular complexity index is 1020. The van der Waals surface area contributed by atoms with Gasteiger partial charge in [0.25, 0.3) is 0 Å². The molecule has 1 amide bonds. The number of amides is 1. The zero-order chi connectivity index (χ0) is 26.3. The fourth-order valence-electron chi connectivity index (χ4n) is 5.81. The summed E-state index contributed by atoms with van der Waals surface area (Å²) in [4.78, 5) is 30.5. The van der Waals surface area contributed by atoms with E-state index in [1.165, 1.54) is 38.5 Å². The first-order chi connectivity index (χ1) is 17.9. The molecule has 3 N–H and O–H groups in total. The molecule has 0 bridgehead atoms. The van der Waals surface area contributed by atoms with Gasteiger partial charge in [-0.05, 0) is 69.6 Å². The molecule has 1 aliphatic carbocycles. The number of hydrazine groups is 1. The Morgan fingerprint density at radius 3 is 2.46 bits per heavy atom. The Kier molecular flexibility index (Phi) is 9.38. The fourth-order valence-corrected chi connectivity index (χ4v) is 5.81. The number of carbonyl (C=O) groups excluding carboxylic acids is 2. The van der Waals surface area contributed by atoms with E-state index in [1.807, 2.05) is 51.6 Å². The molecule has 8 heteroatoms. The summed E-state index contributed by atoms with van der Waals surface area (Å²) in [5.41, 5.74) is 8.52. The number of aromatic nitrogens is 2. The van der Waals surface area contributed by atoms with Gasteiger partial charge in [-0.15, -0.1) is 0 Å². The van der Waals surface area contributed by atoms with Crippen molar-refractivity contribution in [2.24, 2.45) is 5.92 Å². The van der Waals surface area contributed by atoms with E-state index < -0.39 is 12.0 Å². The number of hydrogen-bond acceptors (Lipinski definition) is 6. The summed E-state index contributed by atoms with van der Waals surface area (Å²) in [5.74, 6) is -0.131. The summed E-state index contributed by atoms with van der Waals surface area (Å²) < 4.78 is 7.64. The number of anilines is 1. The molecule has 37 heavy (non-hydrogen) atoms. The number of ether oxygens (including phenoxy) is 1. The lowest BCUT2D eigenvalue weighted by Crippen LogP contribution is -2.65. The van der Waals surface area contributed by atoms with Crippen molar-refractivity contribution in [1.82, 2.24) is 20.4 Å². The zero-order valence-corrected chi connectivity index (χ0v) is 22.6. The van der Waals surface area contributed by atoms with Gasteiger partial charge in [-0.1, -0.05) is 51.5 Å². The zero-order valence-electron chi connectivity index (χ0n) is 22.6. The van der Waals surface area contributed by atoms with E-state index in [4.69, 9.17) is 4.74 Å². The first-order valence-corrected chi connectivity index (χ1v) is 14.1. The Morgan fingerprint density at radius 2 is 1.86 bits per heavy atom. The second kappa shape index (κ2) is 12.7. The van der Waals surface area contributed by atoms with Gasteiger partial charge in [0.15, 0.2) is 0 Å². The molecule has 1 aliphatic heterocycles. The highest BCUT2D eigenvalue weighted by Crippen LogP contribution is 2.39. The van der Waals surface area contributed by atoms with Crippen LogP contribution in [0.25, 0.3) is 0 Å². The quantitative estimate of drug-likeness (QED) is 0.438. The molecule has 2 aromatic rings. The molecule has 2 heterocycles. The van der Waals surface area contributed by atoms with E-state index in [-0.39, 0.29) is 17.7 Å². The Balaban J connectivity index is 1.48. The molecule has 1 aromatic carbocycles. The van der Waals surface area contributed by atoms with Gasteiger partial charge in [0, 0.05) is 12.4 Å². The molecule has 1 aromatic heterocycles. The minimum atomic E-state index is -0.423. The molecule has 2 atom stereocenters. The second-order valence-electron chi connectivity index (χ2n) is 10.8. The van der Waals surface area contributed by atoms with Gasteiger partial charge >= 0.3 is 5.97 Å². The van der Waals surface area contributed by atoms with E-state index in [9.17, 15) is 9.59 Å². The third-order valence-corrected chi connectivity index (χ3v) is 7.90. The van der Waals surface area contributed by atoms with Gasteiger partial charge in [-0.25, -0.2) is 20.6 Å². The van der Waals surface area contributed by atoms with Crippen molar-refractivity contribution in [3.8, 4) is 0 Å². The highest BCUT2D eigenvalue weighted by Gasteiger charge is 2.44. The maximum atomic E-state index is 13.4. The van der Waals surface area contributed by atoms with Crippen molar-refractivity contribution < 1.29 is 14.3 Å². The van der Waals surface area contributed by atoms with Crippen LogP contribution in [-0.2, 0) is 21.6 Å². The van der Waals surface area contributed by atoms with Crippen LogP contribution in [0.3, 0.4) is 0 Å². The van der Waals surface area contributed by atoms with Crippen LogP contribution in [-0.4, -0.2) is 33.6 Å². The minimum absolute atomic E-state index is 0.163. The lowest BCUT2D eigenvalue weighted by Gasteiger charge is -2.47. The maximum Gasteiger partial charge on any atom is 0.340 e. The average Bonchev–Trinajstić information content (AvgIpc) is 3.47. The predicted octanol–water partition coefficient (Wildman–Crippen LogP) is 5.31. The third kappa shape index (κ3) is 6.60. The van der Waals surface area contributed by atoms with E-state index in [0.29, 0.717) is 23.6 Å². The number of hydrogen-bond donors (Lipinski definition) is 3. The normalized spacial score (nSPS) is 23.6. The SMILES string of the molecule is CCc1ccc(NC(=O)C2CCC(C3CCCCCCCC3)(n3ccnc3)NN2)c(C(=O)OC(C)C)c1. The largest absolute Gasteiger partial charge is 0.459 e. The number of carbonyl (C=O) groups is 2. The van der Waals surface area contributed by atoms with Crippen LogP contribution in [0.15, 0.2) is 36.9 Å². The lowest BCUT2D eigenvalue weighted by atomic mass is 9.79. The second-order valence-corrected chi connectivity index (χ2v) is 10.8. The van der Waals surface area contributed by atoms with Crippen LogP contribution < -0.4 is 16.2 Å². The minimum Gasteiger partial charge on any atom is -0.459 e. The van der Waals surface area contributed by atoms with Crippen LogP contribution in [0.4, 0.5) is 5.69 Å². The van der Waals surface area contributed by atoms with Gasteiger partial charge in [0.1, 0.15) is 11.7 Å². The molecule has 202 valence electrons. The van der Waals surface area contributed by atoms with Crippen molar-refractivity contribution in [2.75, 3.05) is 5.32 Å². The van der Waals surface area contributed by atoms with Crippen LogP contribution in [0.5, 0.6) is 0 Å². The molecular formula is C29H43N5O3. The van der Waals surface area contributed by atoms with Crippen molar-refractivity contribution in [1.29, 1.82) is 0 Å². The number of rotatable bonds is 7. The first-order valence-electron chi connectivity index (χ1n) is 14.1. The first kappa shape index (κ1) is 27.3. The maximum absolute atomic E-state index is 13.4. The van der Waals surface area contributed by atoms with Gasteiger partial charge in [0.2, 0.25) is 5.91 Å². The fraction of sp³-hybridized carbons (Fsp3) is 0.621. The molecule has 8 nitrogen and oxygen atoms in total. The van der Waals surface area contributed by atoms with Gasteiger partial charge < -0.3 is 14.6 Å². The van der Waals surface area contributed by atoms with E-state index in [1.54, 1.807) is 6.07 Å². The highest BCUT2D eigenvalue weighted by atomic mass is 16.5. The van der Waals surface area contributed by atoms with E-state index >= 15 is 0 Å². The van der Waals surface area contributed by atoms with E-state index in [2.05, 4.69) is 25.7 Å². The third-order valence-electron chi connectivity index (χ3n) is 7.90. The Morgan fingerprint density at radius 1 is 1.14 bits per heavy atom. The predicted molar refractivity (Wildman–Crippen MR) is 145 cm³/mol. The standard InChI is InChI=1S/C29H43N5O3/c1-4-22-13-14-25(24(19-22)28(36)37-21(2)3)31-27(35)26-15-16-29(33-32-26,34-18-17-30-20-34)23-11-9-7-5-6-8-10-12-23/h13-14,17-21,23,26,32-33H,4-12,15-16H2,1-3H3,(H,31,35). The summed E-state index contributed by atoms with van der Waals surface area (Å²) in [6, 6.07) is 5.13. The molecule has 0 radical (unpaired) electrons. The van der Waals surface area contributed by atoms with Crippen LogP contribution in [0.2, 0.25) is 0 Å². The monoisotopic (exact) mass is 509 g/mol. The number of benzene rings is 1. The summed E-state index contributed by atoms with van der Waals surface area (Å²) >= 11 is 0. The topological polar surface area (TPSA) is 97.3 Å². The van der Waals surface area contributed by atoms with Gasteiger partial charge in [-0.2, -0.15) is 0 Å². The van der Waals surface area contributed by atoms with E-state index in [0.717, 1.165) is 31.2 Å². The molecule has 2 fully saturated rings. The van der Waals surface area contributed by atoms with Gasteiger partial charge in [0.05, 0.1) is 23.7 Å². The van der Waals surface area contributed by atoms with Crippen molar-refractivity contribution in [2.45, 2.75) is 109 Å². The Hall–Kier alpha value is -2.71. The molecule has 1 saturated heterocycles. The smallest absolute Gasteiger partial charge is 0.340 e. The molecule has 1 saturated carbocycles. The van der Waals surface area contributed by atoms with Crippen LogP contribution in [0, 0.1) is 5.92 Å². The average molecular weight is 510 g/mol. The van der Waals surface area contributed by atoms with Crippen molar-refractivity contribution >= 4 is 17.6 Å². The molecule has 0 spiro atoms. The highest BCUT2D eigenvalue weighted by molar-refractivity contribution is 6.03. The Labute approximate surface area is 220 Å². The molecule has 2 aliphatic rings. The number of nitrogens with zero attached hydrogens (tertiary/aromatic N) is 2. The molecule has 4 rings (SSSR count). The molecule has 2 unspecified atom stereocenters. The number of imidazole rings is 1. The summed E-state index contributed by atoms with van der Waals surface area (Å²) in [5, 5.41) is 2.99. The van der Waals surface area contributed by atoms with Gasteiger partial charge in [-0.3, -0.25) is 4.79 Å². The van der Waals surface area contributed by atoms with Crippen molar-refractivity contribution in [3.05, 3.63) is 48.0 Å². The van der Waals surface area contributed by atoms with Crippen molar-refractivity contribution in [3.63, 3.8) is 0 Å². The number of aryl methyl sites for hydroxylation is 1. The van der Waals surface area contributed by atoms with Crippen LogP contribution >= 0.6 is 0 Å².